The zero-order valence-electron chi connectivity index (χ0n) is 11.6. The molecule has 20 heavy (non-hydrogen) atoms. The third kappa shape index (κ3) is 2.53. The van der Waals surface area contributed by atoms with Crippen molar-refractivity contribution in [3.05, 3.63) is 16.7 Å². The summed E-state index contributed by atoms with van der Waals surface area (Å²) in [6.45, 7) is 2.24. The Kier molecular flexibility index (Phi) is 4.42. The van der Waals surface area contributed by atoms with E-state index in [2.05, 4.69) is 17.1 Å². The van der Waals surface area contributed by atoms with E-state index < -0.39 is 0 Å². The summed E-state index contributed by atoms with van der Waals surface area (Å²) in [4.78, 5) is 4.07. The number of pyridine rings is 1. The number of ether oxygens (including phenoxy) is 1. The van der Waals surface area contributed by atoms with Crippen LogP contribution in [0, 0.1) is 22.7 Å². The fourth-order valence-corrected chi connectivity index (χ4v) is 2.87. The van der Waals surface area contributed by atoms with E-state index >= 15 is 0 Å². The lowest BCUT2D eigenvalue weighted by Gasteiger charge is -2.24. The molecule has 1 aliphatic rings. The molecule has 0 radical (unpaired) electrons. The molecule has 1 fully saturated rings. The van der Waals surface area contributed by atoms with Gasteiger partial charge in [0.15, 0.2) is 0 Å². The minimum Gasteiger partial charge on any atom is -0.477 e. The van der Waals surface area contributed by atoms with Gasteiger partial charge in [0.05, 0.1) is 12.2 Å². The van der Waals surface area contributed by atoms with Crippen molar-refractivity contribution in [3.63, 3.8) is 0 Å². The van der Waals surface area contributed by atoms with Crippen LogP contribution in [0.1, 0.15) is 61.6 Å². The van der Waals surface area contributed by atoms with Crippen molar-refractivity contribution in [2.24, 2.45) is 0 Å². The summed E-state index contributed by atoms with van der Waals surface area (Å²) in [6.07, 6.45) is 5.41. The smallest absolute Gasteiger partial charge is 0.234 e. The van der Waals surface area contributed by atoms with Gasteiger partial charge in [-0.2, -0.15) is 15.5 Å². The molecule has 1 heterocycles. The van der Waals surface area contributed by atoms with Gasteiger partial charge in [-0.3, -0.25) is 0 Å². The molecule has 0 aliphatic heterocycles. The van der Waals surface area contributed by atoms with Crippen LogP contribution in [0.2, 0.25) is 0 Å². The van der Waals surface area contributed by atoms with Crippen molar-refractivity contribution < 1.29 is 4.74 Å². The van der Waals surface area contributed by atoms with Crippen LogP contribution in [-0.2, 0) is 0 Å². The molecule has 1 saturated carbocycles. The minimum absolute atomic E-state index is 0.163. The zero-order chi connectivity index (χ0) is 14.5. The van der Waals surface area contributed by atoms with Crippen LogP contribution < -0.4 is 10.5 Å². The maximum Gasteiger partial charge on any atom is 0.234 e. The Morgan fingerprint density at radius 2 is 1.85 bits per heavy atom. The van der Waals surface area contributed by atoms with Crippen molar-refractivity contribution >= 4 is 5.82 Å². The highest BCUT2D eigenvalue weighted by molar-refractivity contribution is 5.63. The largest absolute Gasteiger partial charge is 0.477 e. The van der Waals surface area contributed by atoms with Crippen LogP contribution in [0.3, 0.4) is 0 Å². The Bertz CT molecular complexity index is 577. The molecule has 0 aromatic carbocycles. The molecular formula is C15H18N4O. The summed E-state index contributed by atoms with van der Waals surface area (Å²) in [6, 6.07) is 4.27. The fourth-order valence-electron chi connectivity index (χ4n) is 2.87. The highest BCUT2D eigenvalue weighted by atomic mass is 16.5. The van der Waals surface area contributed by atoms with Gasteiger partial charge < -0.3 is 10.5 Å². The molecule has 0 unspecified atom stereocenters. The summed E-state index contributed by atoms with van der Waals surface area (Å²) in [5.74, 6) is 0.625. The maximum absolute atomic E-state index is 9.45. The Hall–Kier alpha value is -2.27. The van der Waals surface area contributed by atoms with Gasteiger partial charge in [-0.15, -0.1) is 0 Å². The van der Waals surface area contributed by atoms with Crippen LogP contribution in [0.5, 0.6) is 5.88 Å². The highest BCUT2D eigenvalue weighted by Gasteiger charge is 2.27. The Balaban J connectivity index is 2.61. The van der Waals surface area contributed by atoms with E-state index in [0.717, 1.165) is 31.2 Å². The second kappa shape index (κ2) is 6.25. The Morgan fingerprint density at radius 1 is 1.20 bits per heavy atom. The number of anilines is 1. The Morgan fingerprint density at radius 3 is 2.40 bits per heavy atom. The van der Waals surface area contributed by atoms with Crippen molar-refractivity contribution in [2.45, 2.75) is 44.9 Å². The first-order valence-corrected chi connectivity index (χ1v) is 6.99. The van der Waals surface area contributed by atoms with E-state index in [1.54, 1.807) is 0 Å². The molecule has 1 aromatic rings. The van der Waals surface area contributed by atoms with Crippen LogP contribution in [0.4, 0.5) is 5.82 Å². The second-order valence-corrected chi connectivity index (χ2v) is 4.96. The SMILES string of the molecule is CCOc1nc(N)c(C#N)c(C2CCCCC2)c1C#N. The van der Waals surface area contributed by atoms with E-state index in [1.165, 1.54) is 6.42 Å². The van der Waals surface area contributed by atoms with Crippen molar-refractivity contribution in [2.75, 3.05) is 12.3 Å². The molecular weight excluding hydrogens is 252 g/mol. The van der Waals surface area contributed by atoms with Crippen molar-refractivity contribution in [3.8, 4) is 18.0 Å². The number of hydrogen-bond acceptors (Lipinski definition) is 5. The van der Waals surface area contributed by atoms with Crippen molar-refractivity contribution in [1.29, 1.82) is 10.5 Å². The molecule has 0 bridgehead atoms. The number of nitrogens with two attached hydrogens (primary N) is 1. The molecule has 1 aromatic heterocycles. The first-order chi connectivity index (χ1) is 9.72. The van der Waals surface area contributed by atoms with Crippen LogP contribution in [0.15, 0.2) is 0 Å². The standard InChI is InChI=1S/C15H18N4O/c1-2-20-15-12(9-17)13(10-6-4-3-5-7-10)11(8-16)14(18)19-15/h10H,2-7H2,1H3,(H2,18,19). The molecule has 5 heteroatoms. The highest BCUT2D eigenvalue weighted by Crippen LogP contribution is 2.39. The summed E-state index contributed by atoms with van der Waals surface area (Å²) in [5.41, 5.74) is 7.34. The van der Waals surface area contributed by atoms with Crippen molar-refractivity contribution in [1.82, 2.24) is 4.98 Å². The molecule has 5 nitrogen and oxygen atoms in total. The quantitative estimate of drug-likeness (QED) is 0.911. The van der Waals surface area contributed by atoms with E-state index in [4.69, 9.17) is 10.5 Å². The molecule has 0 atom stereocenters. The van der Waals surface area contributed by atoms with Gasteiger partial charge in [-0.1, -0.05) is 19.3 Å². The lowest BCUT2D eigenvalue weighted by atomic mass is 9.80. The van der Waals surface area contributed by atoms with E-state index in [0.29, 0.717) is 17.7 Å². The number of nitrogen functional groups attached to an aromatic ring is 1. The first kappa shape index (κ1) is 14.1. The summed E-state index contributed by atoms with van der Waals surface area (Å²) in [7, 11) is 0. The topological polar surface area (TPSA) is 95.7 Å². The van der Waals surface area contributed by atoms with E-state index in [1.807, 2.05) is 6.92 Å². The van der Waals surface area contributed by atoms with Gasteiger partial charge in [-0.25, -0.2) is 0 Å². The van der Waals surface area contributed by atoms with E-state index in [9.17, 15) is 10.5 Å². The van der Waals surface area contributed by atoms with Crippen LogP contribution in [-0.4, -0.2) is 11.6 Å². The molecule has 2 N–H and O–H groups in total. The molecule has 0 spiro atoms. The second-order valence-electron chi connectivity index (χ2n) is 4.96. The van der Waals surface area contributed by atoms with Gasteiger partial charge in [0.25, 0.3) is 0 Å². The number of aromatic nitrogens is 1. The maximum atomic E-state index is 9.45. The summed E-state index contributed by atoms with van der Waals surface area (Å²) >= 11 is 0. The first-order valence-electron chi connectivity index (χ1n) is 6.99. The number of nitriles is 2. The molecule has 1 aliphatic carbocycles. The average Bonchev–Trinajstić information content (AvgIpc) is 2.48. The summed E-state index contributed by atoms with van der Waals surface area (Å²) < 4.78 is 5.42. The normalized spacial score (nSPS) is 15.3. The summed E-state index contributed by atoms with van der Waals surface area (Å²) in [5, 5.41) is 18.8. The molecule has 2 rings (SSSR count). The van der Waals surface area contributed by atoms with Gasteiger partial charge in [-0.05, 0) is 31.2 Å². The monoisotopic (exact) mass is 270 g/mol. The zero-order valence-corrected chi connectivity index (χ0v) is 11.6. The number of nitrogens with zero attached hydrogens (tertiary/aromatic N) is 3. The van der Waals surface area contributed by atoms with Gasteiger partial charge >= 0.3 is 0 Å². The van der Waals surface area contributed by atoms with Crippen LogP contribution >= 0.6 is 0 Å². The van der Waals surface area contributed by atoms with Crippen LogP contribution in [0.25, 0.3) is 0 Å². The minimum atomic E-state index is 0.163. The Labute approximate surface area is 119 Å². The van der Waals surface area contributed by atoms with E-state index in [-0.39, 0.29) is 17.6 Å². The van der Waals surface area contributed by atoms with Gasteiger partial charge in [0, 0.05) is 0 Å². The van der Waals surface area contributed by atoms with Gasteiger partial charge in [0.2, 0.25) is 5.88 Å². The molecule has 0 amide bonds. The average molecular weight is 270 g/mol. The number of rotatable bonds is 3. The molecule has 0 saturated heterocycles. The fraction of sp³-hybridized carbons (Fsp3) is 0.533. The lowest BCUT2D eigenvalue weighted by molar-refractivity contribution is 0.325. The predicted molar refractivity (Wildman–Crippen MR) is 75.1 cm³/mol. The predicted octanol–water partition coefficient (Wildman–Crippen LogP) is 2.85. The number of hydrogen-bond donors (Lipinski definition) is 1. The van der Waals surface area contributed by atoms with Gasteiger partial charge in [0.1, 0.15) is 23.5 Å². The lowest BCUT2D eigenvalue weighted by Crippen LogP contribution is -2.13. The third-order valence-corrected chi connectivity index (χ3v) is 3.75. The third-order valence-electron chi connectivity index (χ3n) is 3.75. The molecule has 104 valence electrons.